The molecule has 0 bridgehead atoms. The Balaban J connectivity index is 1.92. The van der Waals surface area contributed by atoms with E-state index in [1.807, 2.05) is 42.5 Å². The minimum absolute atomic E-state index is 0.339. The Morgan fingerprint density at radius 1 is 0.773 bits per heavy atom. The molecule has 0 amide bonds. The minimum Gasteiger partial charge on any atom is -0.224 e. The molecule has 0 aliphatic heterocycles. The molecule has 0 atom stereocenters. The Kier molecular flexibility index (Phi) is 4.08. The van der Waals surface area contributed by atoms with Crippen LogP contribution in [-0.2, 0) is 9.84 Å². The number of benzene rings is 2. The Bertz CT molecular complexity index is 893. The van der Waals surface area contributed by atoms with E-state index in [1.165, 1.54) is 6.26 Å². The first-order valence-electron chi connectivity index (χ1n) is 6.60. The van der Waals surface area contributed by atoms with Crippen molar-refractivity contribution in [3.8, 4) is 20.9 Å². The average molecular weight is 349 g/mol. The maximum Gasteiger partial charge on any atom is 0.175 e. The van der Waals surface area contributed by atoms with Crippen molar-refractivity contribution >= 4 is 32.8 Å². The summed E-state index contributed by atoms with van der Waals surface area (Å²) in [6.07, 6.45) is 1.21. The van der Waals surface area contributed by atoms with E-state index in [-0.39, 0.29) is 0 Å². The molecule has 0 unspecified atom stereocenters. The summed E-state index contributed by atoms with van der Waals surface area (Å²) < 4.78 is 23.0. The highest BCUT2D eigenvalue weighted by Crippen LogP contribution is 2.35. The molecule has 0 N–H and O–H groups in total. The number of hydrogen-bond acceptors (Lipinski definition) is 3. The van der Waals surface area contributed by atoms with Crippen LogP contribution in [0.15, 0.2) is 65.6 Å². The smallest absolute Gasteiger partial charge is 0.175 e. The standard InChI is InChI=1S/C17H13ClO2S2/c1-22(19,20)15-8-4-13(5-9-15)17-11-10-16(21-17)12-2-6-14(18)7-3-12/h2-11H,1H3. The monoisotopic (exact) mass is 348 g/mol. The van der Waals surface area contributed by atoms with Gasteiger partial charge >= 0.3 is 0 Å². The van der Waals surface area contributed by atoms with E-state index in [9.17, 15) is 8.42 Å². The van der Waals surface area contributed by atoms with Crippen LogP contribution in [0.5, 0.6) is 0 Å². The first-order chi connectivity index (χ1) is 10.4. The van der Waals surface area contributed by atoms with E-state index >= 15 is 0 Å². The number of sulfone groups is 1. The van der Waals surface area contributed by atoms with Crippen LogP contribution in [-0.4, -0.2) is 14.7 Å². The number of rotatable bonds is 3. The van der Waals surface area contributed by atoms with Crippen LogP contribution in [0.4, 0.5) is 0 Å². The molecule has 1 aromatic heterocycles. The van der Waals surface area contributed by atoms with Gasteiger partial charge in [-0.05, 0) is 47.5 Å². The summed E-state index contributed by atoms with van der Waals surface area (Å²) in [5.41, 5.74) is 2.13. The fourth-order valence-electron chi connectivity index (χ4n) is 2.13. The fraction of sp³-hybridized carbons (Fsp3) is 0.0588. The molecule has 0 aliphatic rings. The molecule has 0 fully saturated rings. The van der Waals surface area contributed by atoms with Crippen molar-refractivity contribution in [2.24, 2.45) is 0 Å². The zero-order valence-corrected chi connectivity index (χ0v) is 14.2. The van der Waals surface area contributed by atoms with Gasteiger partial charge in [0, 0.05) is 21.0 Å². The van der Waals surface area contributed by atoms with E-state index in [2.05, 4.69) is 6.07 Å². The maximum atomic E-state index is 11.5. The minimum atomic E-state index is -3.15. The molecule has 2 nitrogen and oxygen atoms in total. The second-order valence-electron chi connectivity index (χ2n) is 4.97. The lowest BCUT2D eigenvalue weighted by atomic mass is 10.1. The molecule has 1 heterocycles. The van der Waals surface area contributed by atoms with Crippen molar-refractivity contribution in [3.05, 3.63) is 65.7 Å². The summed E-state index contributed by atoms with van der Waals surface area (Å²) >= 11 is 7.57. The van der Waals surface area contributed by atoms with Gasteiger partial charge in [0.05, 0.1) is 4.90 Å². The second kappa shape index (κ2) is 5.88. The van der Waals surface area contributed by atoms with Crippen LogP contribution >= 0.6 is 22.9 Å². The molecule has 2 aromatic carbocycles. The number of hydrogen-bond donors (Lipinski definition) is 0. The van der Waals surface area contributed by atoms with E-state index in [0.717, 1.165) is 25.9 Å². The molecule has 0 saturated heterocycles. The topological polar surface area (TPSA) is 34.1 Å². The van der Waals surface area contributed by atoms with Crippen molar-refractivity contribution in [1.29, 1.82) is 0 Å². The summed E-state index contributed by atoms with van der Waals surface area (Å²) in [6.45, 7) is 0. The van der Waals surface area contributed by atoms with E-state index in [4.69, 9.17) is 11.6 Å². The summed E-state index contributed by atoms with van der Waals surface area (Å²) in [5.74, 6) is 0. The predicted molar refractivity (Wildman–Crippen MR) is 93.3 cm³/mol. The van der Waals surface area contributed by atoms with Gasteiger partial charge in [-0.2, -0.15) is 0 Å². The molecule has 5 heteroatoms. The Labute approximate surface area is 138 Å². The highest BCUT2D eigenvalue weighted by molar-refractivity contribution is 7.90. The van der Waals surface area contributed by atoms with Crippen LogP contribution < -0.4 is 0 Å². The molecule has 3 rings (SSSR count). The third kappa shape index (κ3) is 3.24. The average Bonchev–Trinajstić information content (AvgIpc) is 2.97. The molecule has 0 spiro atoms. The lowest BCUT2D eigenvalue weighted by molar-refractivity contribution is 0.602. The SMILES string of the molecule is CS(=O)(=O)c1ccc(-c2ccc(-c3ccc(Cl)cc3)s2)cc1. The van der Waals surface area contributed by atoms with Crippen molar-refractivity contribution < 1.29 is 8.42 Å². The zero-order valence-electron chi connectivity index (χ0n) is 11.8. The van der Waals surface area contributed by atoms with E-state index < -0.39 is 9.84 Å². The van der Waals surface area contributed by atoms with Crippen LogP contribution in [0.2, 0.25) is 5.02 Å². The highest BCUT2D eigenvalue weighted by Gasteiger charge is 2.09. The molecule has 0 aliphatic carbocycles. The Morgan fingerprint density at radius 2 is 1.23 bits per heavy atom. The molecular formula is C17H13ClO2S2. The maximum absolute atomic E-state index is 11.5. The van der Waals surface area contributed by atoms with Gasteiger partial charge in [0.15, 0.2) is 9.84 Å². The van der Waals surface area contributed by atoms with Gasteiger partial charge in [-0.25, -0.2) is 8.42 Å². The van der Waals surface area contributed by atoms with E-state index in [1.54, 1.807) is 23.5 Å². The van der Waals surface area contributed by atoms with Gasteiger partial charge in [-0.15, -0.1) is 11.3 Å². The van der Waals surface area contributed by atoms with Gasteiger partial charge in [-0.3, -0.25) is 0 Å². The Morgan fingerprint density at radius 3 is 1.68 bits per heavy atom. The molecule has 0 saturated carbocycles. The zero-order chi connectivity index (χ0) is 15.7. The van der Waals surface area contributed by atoms with Gasteiger partial charge in [0.25, 0.3) is 0 Å². The Hall–Kier alpha value is -1.62. The molecule has 112 valence electrons. The van der Waals surface area contributed by atoms with Gasteiger partial charge in [-0.1, -0.05) is 35.9 Å². The molecule has 22 heavy (non-hydrogen) atoms. The second-order valence-corrected chi connectivity index (χ2v) is 8.50. The first kappa shape index (κ1) is 15.3. The predicted octanol–water partition coefficient (Wildman–Crippen LogP) is 5.14. The normalized spacial score (nSPS) is 11.5. The van der Waals surface area contributed by atoms with Crippen LogP contribution in [0, 0.1) is 0 Å². The lowest BCUT2D eigenvalue weighted by Gasteiger charge is -2.01. The summed E-state index contributed by atoms with van der Waals surface area (Å²) in [6, 6.07) is 18.8. The summed E-state index contributed by atoms with van der Waals surface area (Å²) in [4.78, 5) is 2.59. The third-order valence-electron chi connectivity index (χ3n) is 3.30. The van der Waals surface area contributed by atoms with Crippen molar-refractivity contribution in [2.75, 3.05) is 6.26 Å². The summed E-state index contributed by atoms with van der Waals surface area (Å²) in [5, 5.41) is 0.719. The first-order valence-corrected chi connectivity index (χ1v) is 9.68. The largest absolute Gasteiger partial charge is 0.224 e. The van der Waals surface area contributed by atoms with Gasteiger partial charge in [0.1, 0.15) is 0 Å². The van der Waals surface area contributed by atoms with Crippen molar-refractivity contribution in [3.63, 3.8) is 0 Å². The highest BCUT2D eigenvalue weighted by atomic mass is 35.5. The van der Waals surface area contributed by atoms with E-state index in [0.29, 0.717) is 4.90 Å². The molecule has 0 radical (unpaired) electrons. The van der Waals surface area contributed by atoms with Gasteiger partial charge in [0.2, 0.25) is 0 Å². The van der Waals surface area contributed by atoms with Crippen molar-refractivity contribution in [1.82, 2.24) is 0 Å². The van der Waals surface area contributed by atoms with Gasteiger partial charge < -0.3 is 0 Å². The van der Waals surface area contributed by atoms with Crippen molar-refractivity contribution in [2.45, 2.75) is 4.90 Å². The fourth-order valence-corrected chi connectivity index (χ4v) is 3.90. The van der Waals surface area contributed by atoms with Crippen LogP contribution in [0.25, 0.3) is 20.9 Å². The molecule has 3 aromatic rings. The summed E-state index contributed by atoms with van der Waals surface area (Å²) in [7, 11) is -3.15. The molecular weight excluding hydrogens is 336 g/mol. The quantitative estimate of drug-likeness (QED) is 0.656. The third-order valence-corrected chi connectivity index (χ3v) is 5.87. The van der Waals surface area contributed by atoms with Crippen LogP contribution in [0.1, 0.15) is 0 Å². The lowest BCUT2D eigenvalue weighted by Crippen LogP contribution is -1.95. The number of halogens is 1. The van der Waals surface area contributed by atoms with Crippen LogP contribution in [0.3, 0.4) is 0 Å². The number of thiophene rings is 1.